The van der Waals surface area contributed by atoms with Crippen LogP contribution in [0.15, 0.2) is 0 Å². The van der Waals surface area contributed by atoms with Crippen LogP contribution in [0.3, 0.4) is 0 Å². The van der Waals surface area contributed by atoms with Crippen molar-refractivity contribution in [2.75, 3.05) is 0 Å². The van der Waals surface area contributed by atoms with Crippen LogP contribution in [0.4, 0.5) is 0 Å². The Morgan fingerprint density at radius 2 is 2.00 bits per heavy atom. The van der Waals surface area contributed by atoms with Crippen LogP contribution in [0.1, 0.15) is 39.5 Å². The highest BCUT2D eigenvalue weighted by atomic mass is 16.3. The third-order valence-electron chi connectivity index (χ3n) is 4.36. The Morgan fingerprint density at radius 3 is 2.71 bits per heavy atom. The third-order valence-corrected chi connectivity index (χ3v) is 4.36. The van der Waals surface area contributed by atoms with Gasteiger partial charge >= 0.3 is 0 Å². The van der Waals surface area contributed by atoms with Crippen molar-refractivity contribution in [2.24, 2.45) is 17.3 Å². The van der Waals surface area contributed by atoms with E-state index in [0.717, 1.165) is 12.8 Å². The molecule has 0 aromatic carbocycles. The maximum absolute atomic E-state index is 9.98. The van der Waals surface area contributed by atoms with E-state index in [2.05, 4.69) is 20.3 Å². The first-order valence-electron chi connectivity index (χ1n) is 5.71. The fourth-order valence-electron chi connectivity index (χ4n) is 3.37. The molecule has 81 valence electrons. The average molecular weight is 197 g/mol. The molecule has 0 aliphatic heterocycles. The van der Waals surface area contributed by atoms with E-state index in [1.165, 1.54) is 12.8 Å². The number of hydrogen-bond acceptors (Lipinski definition) is 2. The second-order valence-electron chi connectivity index (χ2n) is 5.54. The number of rotatable bonds is 0. The van der Waals surface area contributed by atoms with Crippen LogP contribution in [0, 0.1) is 23.7 Å². The molecule has 2 rings (SSSR count). The maximum atomic E-state index is 9.98. The van der Waals surface area contributed by atoms with Crippen molar-refractivity contribution in [1.29, 1.82) is 0 Å². The van der Waals surface area contributed by atoms with E-state index in [1.807, 2.05) is 0 Å². The van der Waals surface area contributed by atoms with Gasteiger partial charge in [-0.05, 0) is 49.4 Å². The lowest BCUT2D eigenvalue weighted by atomic mass is 9.57. The Balaban J connectivity index is 2.19. The van der Waals surface area contributed by atoms with Crippen LogP contribution in [-0.4, -0.2) is 22.4 Å². The van der Waals surface area contributed by atoms with Crippen molar-refractivity contribution >= 4 is 0 Å². The molecule has 0 aromatic rings. The van der Waals surface area contributed by atoms with E-state index in [9.17, 15) is 10.2 Å². The SMILES string of the molecule is CC1(C)C(O)C(O)CC2CC[CH]CC21. The quantitative estimate of drug-likeness (QED) is 0.621. The summed E-state index contributed by atoms with van der Waals surface area (Å²) in [5, 5.41) is 19.8. The maximum Gasteiger partial charge on any atom is 0.0852 e. The van der Waals surface area contributed by atoms with Gasteiger partial charge < -0.3 is 10.2 Å². The summed E-state index contributed by atoms with van der Waals surface area (Å²) in [5.74, 6) is 1.18. The molecule has 14 heavy (non-hydrogen) atoms. The van der Waals surface area contributed by atoms with Crippen molar-refractivity contribution in [2.45, 2.75) is 51.7 Å². The number of hydrogen-bond donors (Lipinski definition) is 2. The minimum absolute atomic E-state index is 0.126. The number of aliphatic hydroxyl groups is 2. The zero-order valence-corrected chi connectivity index (χ0v) is 9.11. The lowest BCUT2D eigenvalue weighted by Gasteiger charge is -2.51. The molecule has 2 heteroatoms. The van der Waals surface area contributed by atoms with Gasteiger partial charge in [0.05, 0.1) is 12.2 Å². The van der Waals surface area contributed by atoms with Crippen LogP contribution in [0.25, 0.3) is 0 Å². The molecule has 2 nitrogen and oxygen atoms in total. The molecular formula is C12H21O2. The Labute approximate surface area is 86.3 Å². The molecule has 0 saturated heterocycles. The smallest absolute Gasteiger partial charge is 0.0852 e. The predicted molar refractivity (Wildman–Crippen MR) is 55.5 cm³/mol. The predicted octanol–water partition coefficient (Wildman–Crippen LogP) is 1.76. The molecule has 4 unspecified atom stereocenters. The molecule has 0 spiro atoms. The van der Waals surface area contributed by atoms with Gasteiger partial charge in [0.1, 0.15) is 0 Å². The van der Waals surface area contributed by atoms with E-state index in [-0.39, 0.29) is 5.41 Å². The van der Waals surface area contributed by atoms with E-state index in [0.29, 0.717) is 11.8 Å². The minimum atomic E-state index is -0.546. The summed E-state index contributed by atoms with van der Waals surface area (Å²) in [4.78, 5) is 0. The molecule has 0 amide bonds. The van der Waals surface area contributed by atoms with E-state index >= 15 is 0 Å². The van der Waals surface area contributed by atoms with Gasteiger partial charge in [0.2, 0.25) is 0 Å². The number of fused-ring (bicyclic) bond motifs is 1. The monoisotopic (exact) mass is 197 g/mol. The molecule has 4 atom stereocenters. The van der Waals surface area contributed by atoms with Crippen molar-refractivity contribution in [3.05, 3.63) is 6.42 Å². The summed E-state index contributed by atoms with van der Waals surface area (Å²) in [6.45, 7) is 4.19. The molecule has 0 aromatic heterocycles. The topological polar surface area (TPSA) is 40.5 Å². The number of aliphatic hydroxyl groups excluding tert-OH is 2. The summed E-state index contributed by atoms with van der Waals surface area (Å²) in [6, 6.07) is 0. The first-order valence-corrected chi connectivity index (χ1v) is 5.71. The summed E-state index contributed by atoms with van der Waals surface area (Å²) in [7, 11) is 0. The van der Waals surface area contributed by atoms with Crippen molar-refractivity contribution in [3.63, 3.8) is 0 Å². The summed E-state index contributed by atoms with van der Waals surface area (Å²) in [5.41, 5.74) is -0.126. The van der Waals surface area contributed by atoms with Gasteiger partial charge in [0.15, 0.2) is 0 Å². The lowest BCUT2D eigenvalue weighted by Crippen LogP contribution is -2.53. The highest BCUT2D eigenvalue weighted by molar-refractivity contribution is 5.01. The molecule has 0 bridgehead atoms. The standard InChI is InChI=1S/C12H21O2/c1-12(2)9-6-4-3-5-8(9)7-10(13)11(12)14/h4,8-11,13-14H,3,5-7H2,1-2H3. The normalized spacial score (nSPS) is 47.1. The molecule has 1 radical (unpaired) electrons. The van der Waals surface area contributed by atoms with Crippen molar-refractivity contribution in [1.82, 2.24) is 0 Å². The van der Waals surface area contributed by atoms with Gasteiger partial charge in [-0.1, -0.05) is 13.8 Å². The first-order chi connectivity index (χ1) is 6.53. The van der Waals surface area contributed by atoms with E-state index < -0.39 is 12.2 Å². The van der Waals surface area contributed by atoms with Crippen LogP contribution in [-0.2, 0) is 0 Å². The van der Waals surface area contributed by atoms with Crippen molar-refractivity contribution < 1.29 is 10.2 Å². The highest BCUT2D eigenvalue weighted by Gasteiger charge is 2.49. The Hall–Kier alpha value is -0.0800. The van der Waals surface area contributed by atoms with Crippen LogP contribution in [0.2, 0.25) is 0 Å². The summed E-state index contributed by atoms with van der Waals surface area (Å²) < 4.78 is 0. The highest BCUT2D eigenvalue weighted by Crippen LogP contribution is 2.50. The molecule has 2 aliphatic rings. The largest absolute Gasteiger partial charge is 0.390 e. The third kappa shape index (κ3) is 1.49. The average Bonchev–Trinajstić information content (AvgIpc) is 2.15. The Morgan fingerprint density at radius 1 is 1.29 bits per heavy atom. The van der Waals surface area contributed by atoms with Crippen molar-refractivity contribution in [3.8, 4) is 0 Å². The summed E-state index contributed by atoms with van der Waals surface area (Å²) in [6.07, 6.45) is 5.56. The second-order valence-corrected chi connectivity index (χ2v) is 5.54. The summed E-state index contributed by atoms with van der Waals surface area (Å²) >= 11 is 0. The van der Waals surface area contributed by atoms with E-state index in [1.54, 1.807) is 0 Å². The van der Waals surface area contributed by atoms with Gasteiger partial charge in [-0.25, -0.2) is 0 Å². The molecule has 2 aliphatic carbocycles. The van der Waals surface area contributed by atoms with Crippen LogP contribution < -0.4 is 0 Å². The fourth-order valence-corrected chi connectivity index (χ4v) is 3.37. The lowest BCUT2D eigenvalue weighted by molar-refractivity contribution is -0.136. The fraction of sp³-hybridized carbons (Fsp3) is 0.917. The zero-order valence-electron chi connectivity index (χ0n) is 9.11. The van der Waals surface area contributed by atoms with Crippen LogP contribution >= 0.6 is 0 Å². The van der Waals surface area contributed by atoms with Gasteiger partial charge in [-0.15, -0.1) is 0 Å². The Bertz CT molecular complexity index is 212. The molecule has 2 saturated carbocycles. The van der Waals surface area contributed by atoms with Crippen LogP contribution in [0.5, 0.6) is 0 Å². The van der Waals surface area contributed by atoms with Gasteiger partial charge in [-0.2, -0.15) is 0 Å². The van der Waals surface area contributed by atoms with E-state index in [4.69, 9.17) is 0 Å². The van der Waals surface area contributed by atoms with Gasteiger partial charge in [0.25, 0.3) is 0 Å². The molecule has 2 N–H and O–H groups in total. The molecule has 0 heterocycles. The van der Waals surface area contributed by atoms with Gasteiger partial charge in [-0.3, -0.25) is 0 Å². The zero-order chi connectivity index (χ0) is 10.3. The molecular weight excluding hydrogens is 176 g/mol. The first kappa shape index (κ1) is 10.4. The van der Waals surface area contributed by atoms with Gasteiger partial charge in [0, 0.05) is 0 Å². The molecule has 2 fully saturated rings. The second kappa shape index (κ2) is 3.49. The minimum Gasteiger partial charge on any atom is -0.390 e. The Kier molecular flexibility index (Phi) is 2.61.